The van der Waals surface area contributed by atoms with Gasteiger partial charge in [-0.25, -0.2) is 0 Å². The number of fused-ring (bicyclic) bond motifs is 3. The minimum Gasteiger partial charge on any atom is -0.376 e. The van der Waals surface area contributed by atoms with Crippen LogP contribution in [0.3, 0.4) is 0 Å². The van der Waals surface area contributed by atoms with Crippen LogP contribution in [0.2, 0.25) is 10.0 Å². The summed E-state index contributed by atoms with van der Waals surface area (Å²) >= 11 is 12.7. The van der Waals surface area contributed by atoms with Crippen LogP contribution in [0.1, 0.15) is 35.1 Å². The predicted octanol–water partition coefficient (Wildman–Crippen LogP) is 6.84. The summed E-state index contributed by atoms with van der Waals surface area (Å²) in [6, 6.07) is 8.64. The van der Waals surface area contributed by atoms with Gasteiger partial charge in [0, 0.05) is 16.5 Å². The Morgan fingerprint density at radius 2 is 1.72 bits per heavy atom. The van der Waals surface area contributed by atoms with Gasteiger partial charge >= 0.3 is 6.18 Å². The van der Waals surface area contributed by atoms with Crippen LogP contribution in [-0.4, -0.2) is 0 Å². The monoisotopic (exact) mass is 383 g/mol. The fourth-order valence-electron chi connectivity index (χ4n) is 3.96. The lowest BCUT2D eigenvalue weighted by atomic mass is 9.76. The number of rotatable bonds is 1. The molecule has 1 nitrogen and oxygen atoms in total. The summed E-state index contributed by atoms with van der Waals surface area (Å²) in [6.45, 7) is 0. The van der Waals surface area contributed by atoms with Crippen LogP contribution >= 0.6 is 23.2 Å². The quantitative estimate of drug-likeness (QED) is 0.531. The van der Waals surface area contributed by atoms with Gasteiger partial charge in [-0.05, 0) is 36.1 Å². The molecule has 1 aliphatic heterocycles. The maximum absolute atomic E-state index is 13.5. The van der Waals surface area contributed by atoms with E-state index in [4.69, 9.17) is 23.2 Å². The first-order valence-corrected chi connectivity index (χ1v) is 8.70. The van der Waals surface area contributed by atoms with Gasteiger partial charge in [0.1, 0.15) is 0 Å². The summed E-state index contributed by atoms with van der Waals surface area (Å²) < 4.78 is 40.5. The Morgan fingerprint density at radius 1 is 1.00 bits per heavy atom. The Balaban J connectivity index is 1.88. The van der Waals surface area contributed by atoms with E-state index < -0.39 is 17.8 Å². The van der Waals surface area contributed by atoms with Crippen molar-refractivity contribution in [3.05, 3.63) is 75.3 Å². The van der Waals surface area contributed by atoms with Gasteiger partial charge in [-0.3, -0.25) is 0 Å². The van der Waals surface area contributed by atoms with E-state index in [1.54, 1.807) is 24.3 Å². The van der Waals surface area contributed by atoms with Crippen LogP contribution < -0.4 is 5.32 Å². The fraction of sp³-hybridized carbons (Fsp3) is 0.263. The average Bonchev–Trinajstić information content (AvgIpc) is 3.06. The Hall–Kier alpha value is -1.65. The van der Waals surface area contributed by atoms with E-state index in [0.717, 1.165) is 11.6 Å². The second-order valence-electron chi connectivity index (χ2n) is 6.38. The van der Waals surface area contributed by atoms with Crippen LogP contribution in [0.5, 0.6) is 0 Å². The summed E-state index contributed by atoms with van der Waals surface area (Å²) in [4.78, 5) is 0. The number of hydrogen-bond donors (Lipinski definition) is 1. The summed E-state index contributed by atoms with van der Waals surface area (Å²) in [6.07, 6.45) is 0.317. The zero-order valence-electron chi connectivity index (χ0n) is 12.9. The average molecular weight is 384 g/mol. The van der Waals surface area contributed by atoms with E-state index in [9.17, 15) is 13.2 Å². The van der Waals surface area contributed by atoms with Crippen molar-refractivity contribution >= 4 is 28.9 Å². The number of nitrogens with one attached hydrogen (secondary N) is 1. The molecule has 0 bridgehead atoms. The lowest BCUT2D eigenvalue weighted by molar-refractivity contribution is -0.138. The smallest absolute Gasteiger partial charge is 0.376 e. The summed E-state index contributed by atoms with van der Waals surface area (Å²) in [5.74, 6) is -0.0827. The molecule has 3 atom stereocenters. The first kappa shape index (κ1) is 16.8. The standard InChI is InChI=1S/C19H14Cl2F3N/c20-14-8-9-15(21)18-16(14)10-5-3-6-11(10)17(25-18)12-4-1-2-7-13(12)19(22,23)24/h1-5,7-11,17,25H,6H2/t10-,11-,17-/m1/s1. The number of alkyl halides is 3. The van der Waals surface area contributed by atoms with Crippen LogP contribution in [-0.2, 0) is 6.18 Å². The van der Waals surface area contributed by atoms with Crippen LogP contribution in [0, 0.1) is 5.92 Å². The molecule has 0 fully saturated rings. The molecule has 0 saturated heterocycles. The molecule has 0 aromatic heterocycles. The van der Waals surface area contributed by atoms with Gasteiger partial charge in [0.05, 0.1) is 22.3 Å². The number of allylic oxidation sites excluding steroid dienone is 2. The molecule has 0 amide bonds. The third-order valence-corrected chi connectivity index (χ3v) is 5.66. The van der Waals surface area contributed by atoms with Crippen molar-refractivity contribution in [2.75, 3.05) is 5.32 Å². The zero-order valence-corrected chi connectivity index (χ0v) is 14.5. The van der Waals surface area contributed by atoms with Crippen molar-refractivity contribution in [3.8, 4) is 0 Å². The number of hydrogen-bond acceptors (Lipinski definition) is 1. The molecule has 4 rings (SSSR count). The van der Waals surface area contributed by atoms with Crippen molar-refractivity contribution in [2.24, 2.45) is 5.92 Å². The molecule has 0 spiro atoms. The second kappa shape index (κ2) is 5.96. The molecular formula is C19H14Cl2F3N. The van der Waals surface area contributed by atoms with E-state index in [1.165, 1.54) is 6.07 Å². The van der Waals surface area contributed by atoms with Gasteiger partial charge in [0.2, 0.25) is 0 Å². The van der Waals surface area contributed by atoms with Crippen molar-refractivity contribution in [3.63, 3.8) is 0 Å². The van der Waals surface area contributed by atoms with E-state index in [2.05, 4.69) is 5.32 Å². The topological polar surface area (TPSA) is 12.0 Å². The normalized spacial score (nSPS) is 24.6. The molecule has 2 aromatic rings. The van der Waals surface area contributed by atoms with Gasteiger partial charge in [0.25, 0.3) is 0 Å². The largest absolute Gasteiger partial charge is 0.416 e. The first-order valence-electron chi connectivity index (χ1n) is 7.95. The minimum absolute atomic E-state index is 0.0352. The minimum atomic E-state index is -4.40. The lowest BCUT2D eigenvalue weighted by Gasteiger charge is -2.39. The maximum Gasteiger partial charge on any atom is 0.416 e. The number of anilines is 1. The molecule has 130 valence electrons. The van der Waals surface area contributed by atoms with Crippen LogP contribution in [0.25, 0.3) is 0 Å². The molecule has 1 aliphatic carbocycles. The molecular weight excluding hydrogens is 370 g/mol. The molecule has 2 aliphatic rings. The van der Waals surface area contributed by atoms with E-state index >= 15 is 0 Å². The molecule has 6 heteroatoms. The van der Waals surface area contributed by atoms with Crippen LogP contribution in [0.4, 0.5) is 18.9 Å². The van der Waals surface area contributed by atoms with Crippen molar-refractivity contribution < 1.29 is 13.2 Å². The van der Waals surface area contributed by atoms with Gasteiger partial charge in [-0.2, -0.15) is 13.2 Å². The Kier molecular flexibility index (Phi) is 4.00. The van der Waals surface area contributed by atoms with Crippen molar-refractivity contribution in [2.45, 2.75) is 24.6 Å². The van der Waals surface area contributed by atoms with E-state index in [-0.39, 0.29) is 17.4 Å². The molecule has 1 heterocycles. The molecule has 25 heavy (non-hydrogen) atoms. The Morgan fingerprint density at radius 3 is 2.48 bits per heavy atom. The van der Waals surface area contributed by atoms with Crippen molar-refractivity contribution in [1.82, 2.24) is 0 Å². The third-order valence-electron chi connectivity index (χ3n) is 5.02. The summed E-state index contributed by atoms with van der Waals surface area (Å²) in [7, 11) is 0. The SMILES string of the molecule is FC(F)(F)c1ccccc1[C@@H]1Nc2c(Cl)ccc(Cl)c2[C@@H]2C=CC[C@H]21. The third kappa shape index (κ3) is 2.72. The maximum atomic E-state index is 13.5. The van der Waals surface area contributed by atoms with Crippen molar-refractivity contribution in [1.29, 1.82) is 0 Å². The lowest BCUT2D eigenvalue weighted by Crippen LogP contribution is -2.31. The first-order chi connectivity index (χ1) is 11.9. The Bertz CT molecular complexity index is 860. The highest BCUT2D eigenvalue weighted by Crippen LogP contribution is 2.54. The number of benzene rings is 2. The highest BCUT2D eigenvalue weighted by atomic mass is 35.5. The second-order valence-corrected chi connectivity index (χ2v) is 7.19. The molecule has 2 aromatic carbocycles. The van der Waals surface area contributed by atoms with Gasteiger partial charge in [-0.15, -0.1) is 0 Å². The Labute approximate surface area is 153 Å². The molecule has 0 unspecified atom stereocenters. The zero-order chi connectivity index (χ0) is 17.8. The highest BCUT2D eigenvalue weighted by Gasteiger charge is 2.43. The fourth-order valence-corrected chi connectivity index (χ4v) is 4.47. The van der Waals surface area contributed by atoms with Gasteiger partial charge in [-0.1, -0.05) is 53.6 Å². The molecule has 0 radical (unpaired) electrons. The van der Waals surface area contributed by atoms with Crippen LogP contribution in [0.15, 0.2) is 48.6 Å². The van der Waals surface area contributed by atoms with Gasteiger partial charge < -0.3 is 5.32 Å². The van der Waals surface area contributed by atoms with E-state index in [0.29, 0.717) is 22.2 Å². The predicted molar refractivity (Wildman–Crippen MR) is 94.3 cm³/mol. The molecule has 0 saturated carbocycles. The van der Waals surface area contributed by atoms with E-state index in [1.807, 2.05) is 12.2 Å². The molecule has 1 N–H and O–H groups in total. The highest BCUT2D eigenvalue weighted by molar-refractivity contribution is 6.36. The summed E-state index contributed by atoms with van der Waals surface area (Å²) in [5, 5.41) is 4.29. The van der Waals surface area contributed by atoms with Gasteiger partial charge in [0.15, 0.2) is 0 Å². The number of halogens is 5. The summed E-state index contributed by atoms with van der Waals surface area (Å²) in [5.41, 5.74) is 1.13.